The molecule has 0 fully saturated rings. The lowest BCUT2D eigenvalue weighted by atomic mass is 10.1. The van der Waals surface area contributed by atoms with Crippen LogP contribution >= 0.6 is 0 Å². The fourth-order valence-electron chi connectivity index (χ4n) is 2.04. The van der Waals surface area contributed by atoms with Gasteiger partial charge >= 0.3 is 5.97 Å². The average molecular weight is 267 g/mol. The van der Waals surface area contributed by atoms with E-state index in [2.05, 4.69) is 10.4 Å². The molecule has 0 bridgehead atoms. The summed E-state index contributed by atoms with van der Waals surface area (Å²) in [4.78, 5) is 22.6. The van der Waals surface area contributed by atoms with Crippen LogP contribution in [-0.4, -0.2) is 32.8 Å². The molecular formula is C13H21N3O3. The van der Waals surface area contributed by atoms with Gasteiger partial charge in [-0.15, -0.1) is 0 Å². The van der Waals surface area contributed by atoms with Crippen LogP contribution in [0, 0.1) is 13.8 Å². The zero-order valence-corrected chi connectivity index (χ0v) is 11.9. The lowest BCUT2D eigenvalue weighted by Crippen LogP contribution is -2.33. The largest absolute Gasteiger partial charge is 0.481 e. The summed E-state index contributed by atoms with van der Waals surface area (Å²) in [6.07, 6.45) is 0.467. The van der Waals surface area contributed by atoms with Crippen LogP contribution in [0.1, 0.15) is 48.4 Å². The molecule has 0 aliphatic carbocycles. The fraction of sp³-hybridized carbons (Fsp3) is 0.615. The molecule has 1 aromatic rings. The molecule has 6 heteroatoms. The van der Waals surface area contributed by atoms with Gasteiger partial charge in [0.1, 0.15) is 0 Å². The van der Waals surface area contributed by atoms with Gasteiger partial charge < -0.3 is 10.4 Å². The Hall–Kier alpha value is -1.85. The molecule has 0 aliphatic heterocycles. The summed E-state index contributed by atoms with van der Waals surface area (Å²) in [5, 5.41) is 15.7. The van der Waals surface area contributed by atoms with Crippen molar-refractivity contribution in [1.82, 2.24) is 15.1 Å². The van der Waals surface area contributed by atoms with Crippen LogP contribution in [0.2, 0.25) is 0 Å². The van der Waals surface area contributed by atoms with Gasteiger partial charge in [-0.1, -0.05) is 0 Å². The highest BCUT2D eigenvalue weighted by Gasteiger charge is 2.19. The van der Waals surface area contributed by atoms with Crippen molar-refractivity contribution in [2.24, 2.45) is 0 Å². The first-order chi connectivity index (χ1) is 8.86. The topological polar surface area (TPSA) is 84.2 Å². The molecule has 0 radical (unpaired) electrons. The molecule has 19 heavy (non-hydrogen) atoms. The number of aryl methyl sites for hydroxylation is 2. The number of aromatic nitrogens is 2. The van der Waals surface area contributed by atoms with Crippen molar-refractivity contribution in [3.05, 3.63) is 17.0 Å². The number of nitrogens with one attached hydrogen (secondary N) is 1. The van der Waals surface area contributed by atoms with Gasteiger partial charge in [-0.2, -0.15) is 5.10 Å². The molecule has 0 saturated heterocycles. The highest BCUT2D eigenvalue weighted by Crippen LogP contribution is 2.13. The Bertz CT molecular complexity index is 480. The third-order valence-corrected chi connectivity index (χ3v) is 3.08. The van der Waals surface area contributed by atoms with Crippen LogP contribution in [0.3, 0.4) is 0 Å². The normalized spacial score (nSPS) is 12.2. The standard InChI is InChI=1S/C13H21N3O3/c1-5-16-10(4)12(9(3)15-16)13(19)14-8(2)6-7-11(17)18/h8H,5-7H2,1-4H3,(H,14,19)(H,17,18). The molecule has 1 amide bonds. The van der Waals surface area contributed by atoms with Crippen molar-refractivity contribution in [1.29, 1.82) is 0 Å². The summed E-state index contributed by atoms with van der Waals surface area (Å²) < 4.78 is 1.78. The highest BCUT2D eigenvalue weighted by molar-refractivity contribution is 5.96. The van der Waals surface area contributed by atoms with Crippen LogP contribution in [0.4, 0.5) is 0 Å². The molecule has 1 rings (SSSR count). The number of nitrogens with zero attached hydrogens (tertiary/aromatic N) is 2. The quantitative estimate of drug-likeness (QED) is 0.818. The lowest BCUT2D eigenvalue weighted by Gasteiger charge is -2.13. The van der Waals surface area contributed by atoms with E-state index in [-0.39, 0.29) is 18.4 Å². The molecule has 0 spiro atoms. The highest BCUT2D eigenvalue weighted by atomic mass is 16.4. The number of carbonyl (C=O) groups excluding carboxylic acids is 1. The first kappa shape index (κ1) is 15.2. The van der Waals surface area contributed by atoms with E-state index in [4.69, 9.17) is 5.11 Å². The molecule has 1 heterocycles. The predicted octanol–water partition coefficient (Wildman–Crippen LogP) is 1.50. The van der Waals surface area contributed by atoms with Crippen molar-refractivity contribution in [3.8, 4) is 0 Å². The van der Waals surface area contributed by atoms with Crippen LogP contribution in [0.15, 0.2) is 0 Å². The summed E-state index contributed by atoms with van der Waals surface area (Å²) in [6.45, 7) is 8.15. The number of hydrogen-bond donors (Lipinski definition) is 2. The van der Waals surface area contributed by atoms with Crippen LogP contribution in [0.25, 0.3) is 0 Å². The van der Waals surface area contributed by atoms with Crippen LogP contribution in [0.5, 0.6) is 0 Å². The van der Waals surface area contributed by atoms with Gasteiger partial charge in [0.25, 0.3) is 5.91 Å². The number of carboxylic acids is 1. The van der Waals surface area contributed by atoms with Gasteiger partial charge in [0.2, 0.25) is 0 Å². The molecular weight excluding hydrogens is 246 g/mol. The zero-order chi connectivity index (χ0) is 14.6. The third kappa shape index (κ3) is 3.81. The second-order valence-electron chi connectivity index (χ2n) is 4.67. The summed E-state index contributed by atoms with van der Waals surface area (Å²) in [6, 6.07) is -0.174. The Balaban J connectivity index is 2.73. The monoisotopic (exact) mass is 267 g/mol. The third-order valence-electron chi connectivity index (χ3n) is 3.08. The maximum Gasteiger partial charge on any atom is 0.303 e. The van der Waals surface area contributed by atoms with Crippen molar-refractivity contribution in [2.75, 3.05) is 0 Å². The number of carboxylic acid groups (broad SMARTS) is 1. The first-order valence-corrected chi connectivity index (χ1v) is 6.43. The van der Waals surface area contributed by atoms with E-state index in [1.165, 1.54) is 0 Å². The Kier molecular flexibility index (Phi) is 5.09. The number of hydrogen-bond acceptors (Lipinski definition) is 3. The van der Waals surface area contributed by atoms with Gasteiger partial charge in [-0.05, 0) is 34.1 Å². The van der Waals surface area contributed by atoms with E-state index in [0.717, 1.165) is 5.69 Å². The zero-order valence-electron chi connectivity index (χ0n) is 11.9. The van der Waals surface area contributed by atoms with Crippen LogP contribution in [-0.2, 0) is 11.3 Å². The van der Waals surface area contributed by atoms with E-state index in [1.54, 1.807) is 18.5 Å². The fourth-order valence-corrected chi connectivity index (χ4v) is 2.04. The Morgan fingerprint density at radius 1 is 1.42 bits per heavy atom. The number of rotatable bonds is 6. The van der Waals surface area contributed by atoms with Crippen molar-refractivity contribution in [3.63, 3.8) is 0 Å². The summed E-state index contributed by atoms with van der Waals surface area (Å²) in [5.74, 6) is -1.04. The van der Waals surface area contributed by atoms with Crippen molar-refractivity contribution >= 4 is 11.9 Å². The minimum absolute atomic E-state index is 0.0492. The summed E-state index contributed by atoms with van der Waals surface area (Å²) >= 11 is 0. The number of amides is 1. The second kappa shape index (κ2) is 6.36. The molecule has 2 N–H and O–H groups in total. The van der Waals surface area contributed by atoms with E-state index in [9.17, 15) is 9.59 Å². The molecule has 0 aliphatic rings. The van der Waals surface area contributed by atoms with Gasteiger partial charge in [0.15, 0.2) is 0 Å². The summed E-state index contributed by atoms with van der Waals surface area (Å²) in [7, 11) is 0. The average Bonchev–Trinajstić information content (AvgIpc) is 2.61. The van der Waals surface area contributed by atoms with Gasteiger partial charge in [0.05, 0.1) is 11.3 Å². The maximum atomic E-state index is 12.2. The molecule has 106 valence electrons. The van der Waals surface area contributed by atoms with Crippen LogP contribution < -0.4 is 5.32 Å². The predicted molar refractivity (Wildman–Crippen MR) is 71.2 cm³/mol. The SMILES string of the molecule is CCn1nc(C)c(C(=O)NC(C)CCC(=O)O)c1C. The first-order valence-electron chi connectivity index (χ1n) is 6.43. The van der Waals surface area contributed by atoms with Gasteiger partial charge in [-0.25, -0.2) is 0 Å². The van der Waals surface area contributed by atoms with E-state index < -0.39 is 5.97 Å². The molecule has 1 unspecified atom stereocenters. The van der Waals surface area contributed by atoms with Gasteiger partial charge in [-0.3, -0.25) is 14.3 Å². The minimum atomic E-state index is -0.854. The Morgan fingerprint density at radius 3 is 2.53 bits per heavy atom. The number of aliphatic carboxylic acids is 1. The smallest absolute Gasteiger partial charge is 0.303 e. The summed E-state index contributed by atoms with van der Waals surface area (Å²) in [5.41, 5.74) is 2.12. The Morgan fingerprint density at radius 2 is 2.05 bits per heavy atom. The van der Waals surface area contributed by atoms with Crippen molar-refractivity contribution < 1.29 is 14.7 Å². The second-order valence-corrected chi connectivity index (χ2v) is 4.67. The van der Waals surface area contributed by atoms with Gasteiger partial charge in [0, 0.05) is 24.7 Å². The molecule has 6 nitrogen and oxygen atoms in total. The maximum absolute atomic E-state index is 12.2. The minimum Gasteiger partial charge on any atom is -0.481 e. The van der Waals surface area contributed by atoms with Crippen molar-refractivity contribution in [2.45, 2.75) is 53.1 Å². The van der Waals surface area contributed by atoms with E-state index in [1.807, 2.05) is 13.8 Å². The molecule has 1 atom stereocenters. The molecule has 1 aromatic heterocycles. The molecule has 0 saturated carbocycles. The molecule has 0 aromatic carbocycles. The van der Waals surface area contributed by atoms with E-state index >= 15 is 0 Å². The lowest BCUT2D eigenvalue weighted by molar-refractivity contribution is -0.137. The number of carbonyl (C=O) groups is 2. The van der Waals surface area contributed by atoms with E-state index in [0.29, 0.717) is 24.2 Å². The Labute approximate surface area is 112 Å².